The zero-order valence-electron chi connectivity index (χ0n) is 10.8. The van der Waals surface area contributed by atoms with E-state index in [4.69, 9.17) is 9.84 Å². The molecule has 0 spiro atoms. The van der Waals surface area contributed by atoms with Crippen molar-refractivity contribution < 1.29 is 19.4 Å². The second kappa shape index (κ2) is 6.21. The third kappa shape index (κ3) is 3.16. The maximum Gasteiger partial charge on any atom is 0.339 e. The van der Waals surface area contributed by atoms with Gasteiger partial charge in [0.1, 0.15) is 0 Å². The molecule has 2 rings (SSSR count). The summed E-state index contributed by atoms with van der Waals surface area (Å²) >= 11 is 1.36. The van der Waals surface area contributed by atoms with E-state index in [1.54, 1.807) is 29.6 Å². The van der Waals surface area contributed by atoms with Gasteiger partial charge in [0, 0.05) is 22.5 Å². The summed E-state index contributed by atoms with van der Waals surface area (Å²) in [6.45, 7) is 0.450. The number of ether oxygens (including phenoxy) is 1. The van der Waals surface area contributed by atoms with Gasteiger partial charge >= 0.3 is 11.9 Å². The molecule has 0 aliphatic rings. The van der Waals surface area contributed by atoms with Crippen molar-refractivity contribution in [2.75, 3.05) is 12.4 Å². The molecule has 0 amide bonds. The van der Waals surface area contributed by atoms with Gasteiger partial charge in [-0.25, -0.2) is 9.59 Å². The molecule has 104 valence electrons. The van der Waals surface area contributed by atoms with E-state index in [0.29, 0.717) is 17.8 Å². The number of para-hydroxylation sites is 1. The fourth-order valence-corrected chi connectivity index (χ4v) is 2.49. The number of esters is 1. The van der Waals surface area contributed by atoms with Gasteiger partial charge in [-0.3, -0.25) is 0 Å². The third-order valence-electron chi connectivity index (χ3n) is 2.69. The number of thiophene rings is 1. The van der Waals surface area contributed by atoms with E-state index in [9.17, 15) is 9.59 Å². The maximum atomic E-state index is 11.6. The van der Waals surface area contributed by atoms with Crippen LogP contribution in [0.2, 0.25) is 0 Å². The molecule has 0 bridgehead atoms. The minimum Gasteiger partial charge on any atom is -0.478 e. The van der Waals surface area contributed by atoms with Crippen molar-refractivity contribution in [2.45, 2.75) is 6.54 Å². The lowest BCUT2D eigenvalue weighted by molar-refractivity contribution is 0.0601. The molecule has 0 aliphatic heterocycles. The van der Waals surface area contributed by atoms with Crippen LogP contribution in [0.3, 0.4) is 0 Å². The van der Waals surface area contributed by atoms with E-state index >= 15 is 0 Å². The largest absolute Gasteiger partial charge is 0.478 e. The molecule has 0 radical (unpaired) electrons. The van der Waals surface area contributed by atoms with Gasteiger partial charge in [0.05, 0.1) is 18.2 Å². The predicted octanol–water partition coefficient (Wildman–Crippen LogP) is 2.85. The third-order valence-corrected chi connectivity index (χ3v) is 3.62. The summed E-state index contributed by atoms with van der Waals surface area (Å²) in [5, 5.41) is 13.6. The number of benzene rings is 1. The highest BCUT2D eigenvalue weighted by atomic mass is 32.1. The minimum atomic E-state index is -0.942. The van der Waals surface area contributed by atoms with Gasteiger partial charge in [0.2, 0.25) is 0 Å². The first-order valence-corrected chi connectivity index (χ1v) is 6.71. The number of carbonyl (C=O) groups excluding carboxylic acids is 1. The van der Waals surface area contributed by atoms with E-state index in [1.165, 1.54) is 18.4 Å². The van der Waals surface area contributed by atoms with Crippen LogP contribution in [0.5, 0.6) is 0 Å². The molecule has 1 aromatic carbocycles. The Hall–Kier alpha value is -2.34. The summed E-state index contributed by atoms with van der Waals surface area (Å²) in [4.78, 5) is 23.3. The van der Waals surface area contributed by atoms with Crippen molar-refractivity contribution in [3.63, 3.8) is 0 Å². The summed E-state index contributed by atoms with van der Waals surface area (Å²) in [6, 6.07) is 8.63. The second-order valence-electron chi connectivity index (χ2n) is 4.00. The van der Waals surface area contributed by atoms with Crippen molar-refractivity contribution in [2.24, 2.45) is 0 Å². The van der Waals surface area contributed by atoms with Crippen LogP contribution in [0.15, 0.2) is 35.7 Å². The van der Waals surface area contributed by atoms with Crippen LogP contribution < -0.4 is 5.32 Å². The van der Waals surface area contributed by atoms with Crippen LogP contribution >= 0.6 is 11.3 Å². The lowest BCUT2D eigenvalue weighted by Crippen LogP contribution is -2.07. The Morgan fingerprint density at radius 3 is 2.75 bits per heavy atom. The van der Waals surface area contributed by atoms with Crippen LogP contribution in [0.25, 0.3) is 0 Å². The summed E-state index contributed by atoms with van der Waals surface area (Å²) in [5.74, 6) is -1.35. The molecule has 2 N–H and O–H groups in total. The first-order chi connectivity index (χ1) is 9.61. The first-order valence-electron chi connectivity index (χ1n) is 5.83. The fraction of sp³-hybridized carbons (Fsp3) is 0.143. The molecule has 2 aromatic rings. The van der Waals surface area contributed by atoms with Crippen molar-refractivity contribution in [3.05, 3.63) is 51.7 Å². The number of carboxylic acid groups (broad SMARTS) is 1. The van der Waals surface area contributed by atoms with Crippen LogP contribution in [0, 0.1) is 0 Å². The molecule has 1 heterocycles. The maximum absolute atomic E-state index is 11.6. The van der Waals surface area contributed by atoms with Crippen LogP contribution in [0.4, 0.5) is 5.69 Å². The van der Waals surface area contributed by atoms with Crippen LogP contribution in [0.1, 0.15) is 25.6 Å². The highest BCUT2D eigenvalue weighted by Crippen LogP contribution is 2.20. The van der Waals surface area contributed by atoms with Crippen molar-refractivity contribution in [1.29, 1.82) is 0 Å². The number of aromatic carboxylic acids is 1. The zero-order valence-corrected chi connectivity index (χ0v) is 11.6. The lowest BCUT2D eigenvalue weighted by Gasteiger charge is -2.09. The van der Waals surface area contributed by atoms with E-state index in [2.05, 4.69) is 5.32 Å². The summed E-state index contributed by atoms with van der Waals surface area (Å²) < 4.78 is 4.71. The molecule has 0 fully saturated rings. The molecule has 5 nitrogen and oxygen atoms in total. The fourth-order valence-electron chi connectivity index (χ4n) is 1.69. The Morgan fingerprint density at radius 1 is 1.35 bits per heavy atom. The van der Waals surface area contributed by atoms with E-state index < -0.39 is 11.9 Å². The number of rotatable bonds is 5. The van der Waals surface area contributed by atoms with E-state index in [0.717, 1.165) is 4.88 Å². The lowest BCUT2D eigenvalue weighted by atomic mass is 10.2. The minimum absolute atomic E-state index is 0.271. The van der Waals surface area contributed by atoms with Crippen molar-refractivity contribution in [1.82, 2.24) is 0 Å². The van der Waals surface area contributed by atoms with E-state index in [-0.39, 0.29) is 5.56 Å². The molecule has 0 unspecified atom stereocenters. The van der Waals surface area contributed by atoms with Crippen molar-refractivity contribution >= 4 is 29.0 Å². The van der Waals surface area contributed by atoms with Gasteiger partial charge in [0.15, 0.2) is 0 Å². The number of carboxylic acids is 1. The highest BCUT2D eigenvalue weighted by molar-refractivity contribution is 7.10. The number of hydrogen-bond acceptors (Lipinski definition) is 5. The smallest absolute Gasteiger partial charge is 0.339 e. The highest BCUT2D eigenvalue weighted by Gasteiger charge is 2.11. The normalized spacial score (nSPS) is 10.1. The van der Waals surface area contributed by atoms with Gasteiger partial charge in [-0.2, -0.15) is 0 Å². The topological polar surface area (TPSA) is 75.6 Å². The predicted molar refractivity (Wildman–Crippen MR) is 76.4 cm³/mol. The first kappa shape index (κ1) is 14.1. The standard InChI is InChI=1S/C14H13NO4S/c1-19-14(18)11-4-2-3-5-12(11)15-7-10-6-9(8-20-10)13(16)17/h2-6,8,15H,7H2,1H3,(H,16,17). The van der Waals surface area contributed by atoms with Gasteiger partial charge in [0.25, 0.3) is 0 Å². The molecule has 6 heteroatoms. The monoisotopic (exact) mass is 291 g/mol. The van der Waals surface area contributed by atoms with Crippen LogP contribution in [-0.4, -0.2) is 24.2 Å². The Morgan fingerprint density at radius 2 is 2.10 bits per heavy atom. The SMILES string of the molecule is COC(=O)c1ccccc1NCc1cc(C(=O)O)cs1. The molecule has 20 heavy (non-hydrogen) atoms. The molecule has 0 saturated carbocycles. The Bertz CT molecular complexity index is 636. The summed E-state index contributed by atoms with van der Waals surface area (Å²) in [6.07, 6.45) is 0. The van der Waals surface area contributed by atoms with Gasteiger partial charge in [-0.1, -0.05) is 12.1 Å². The molecule has 0 saturated heterocycles. The number of methoxy groups -OCH3 is 1. The average molecular weight is 291 g/mol. The number of nitrogens with one attached hydrogen (secondary N) is 1. The number of hydrogen-bond donors (Lipinski definition) is 2. The Labute approximate surface area is 119 Å². The Balaban J connectivity index is 2.10. The molecule has 0 aliphatic carbocycles. The number of anilines is 1. The zero-order chi connectivity index (χ0) is 14.5. The average Bonchev–Trinajstić information content (AvgIpc) is 2.93. The van der Waals surface area contributed by atoms with Gasteiger partial charge in [-0.05, 0) is 18.2 Å². The van der Waals surface area contributed by atoms with Gasteiger partial charge < -0.3 is 15.2 Å². The Kier molecular flexibility index (Phi) is 4.37. The van der Waals surface area contributed by atoms with Crippen LogP contribution in [-0.2, 0) is 11.3 Å². The van der Waals surface area contributed by atoms with Crippen molar-refractivity contribution in [3.8, 4) is 0 Å². The summed E-state index contributed by atoms with van der Waals surface area (Å²) in [5.41, 5.74) is 1.38. The summed E-state index contributed by atoms with van der Waals surface area (Å²) in [7, 11) is 1.33. The molecule has 0 atom stereocenters. The molecular formula is C14H13NO4S. The second-order valence-corrected chi connectivity index (χ2v) is 4.99. The number of carbonyl (C=O) groups is 2. The quantitative estimate of drug-likeness (QED) is 0.828. The van der Waals surface area contributed by atoms with E-state index in [1.807, 2.05) is 6.07 Å². The molecular weight excluding hydrogens is 278 g/mol. The molecule has 1 aromatic heterocycles. The van der Waals surface area contributed by atoms with Gasteiger partial charge in [-0.15, -0.1) is 11.3 Å².